The highest BCUT2D eigenvalue weighted by Gasteiger charge is 2.47. The van der Waals surface area contributed by atoms with E-state index in [2.05, 4.69) is 15.4 Å². The van der Waals surface area contributed by atoms with Crippen molar-refractivity contribution in [3.05, 3.63) is 23.8 Å². The smallest absolute Gasteiger partial charge is 0.240 e. The van der Waals surface area contributed by atoms with Gasteiger partial charge in [-0.2, -0.15) is 0 Å². The molecule has 6 nitrogen and oxygen atoms in total. The number of carbonyl (C=O) groups is 1. The van der Waals surface area contributed by atoms with Crippen molar-refractivity contribution in [2.45, 2.75) is 37.0 Å². The first-order valence-corrected chi connectivity index (χ1v) is 10.2. The second-order valence-electron chi connectivity index (χ2n) is 7.08. The van der Waals surface area contributed by atoms with Crippen molar-refractivity contribution in [1.29, 1.82) is 0 Å². The monoisotopic (exact) mass is 367 g/mol. The third-order valence-electron chi connectivity index (χ3n) is 5.17. The molecule has 7 heteroatoms. The molecule has 0 amide bonds. The number of benzene rings is 1. The highest BCUT2D eigenvalue weighted by Crippen LogP contribution is 2.58. The number of rotatable bonds is 6. The van der Waals surface area contributed by atoms with Crippen LogP contribution in [0.4, 0.5) is 5.69 Å². The number of anilines is 1. The second-order valence-corrected chi connectivity index (χ2v) is 8.97. The van der Waals surface area contributed by atoms with Crippen molar-refractivity contribution in [1.82, 2.24) is 10.0 Å². The van der Waals surface area contributed by atoms with Crippen LogP contribution in [0, 0.1) is 11.3 Å². The zero-order valence-corrected chi connectivity index (χ0v) is 16.1. The Balaban J connectivity index is 0.000000701. The Bertz CT molecular complexity index is 692. The van der Waals surface area contributed by atoms with E-state index in [4.69, 9.17) is 0 Å². The molecule has 0 aromatic heterocycles. The van der Waals surface area contributed by atoms with Gasteiger partial charge in [0, 0.05) is 17.8 Å². The summed E-state index contributed by atoms with van der Waals surface area (Å²) in [6.45, 7) is 0.848. The third-order valence-corrected chi connectivity index (χ3v) is 6.58. The molecular weight excluding hydrogens is 338 g/mol. The quantitative estimate of drug-likeness (QED) is 0.671. The van der Waals surface area contributed by atoms with Gasteiger partial charge in [-0.05, 0) is 76.4 Å². The maximum atomic E-state index is 11.8. The summed E-state index contributed by atoms with van der Waals surface area (Å²) in [5.74, 6) is 0.667. The molecule has 0 aliphatic heterocycles. The van der Waals surface area contributed by atoms with Crippen LogP contribution in [0.15, 0.2) is 23.1 Å². The Labute approximate surface area is 150 Å². The highest BCUT2D eigenvalue weighted by atomic mass is 32.2. The van der Waals surface area contributed by atoms with Crippen LogP contribution in [0.2, 0.25) is 0 Å². The zero-order valence-electron chi connectivity index (χ0n) is 15.3. The average molecular weight is 368 g/mol. The largest absolute Gasteiger partial charge is 0.384 e. The highest BCUT2D eigenvalue weighted by molar-refractivity contribution is 7.89. The minimum absolute atomic E-state index is 0.111. The molecule has 0 atom stereocenters. The number of sulfonamides is 1. The maximum absolute atomic E-state index is 11.8. The van der Waals surface area contributed by atoms with Gasteiger partial charge < -0.3 is 10.6 Å². The number of hydrogen-bond donors (Lipinski definition) is 3. The normalized spacial score (nSPS) is 18.5. The van der Waals surface area contributed by atoms with Crippen LogP contribution in [0.5, 0.6) is 0 Å². The van der Waals surface area contributed by atoms with E-state index in [0.717, 1.165) is 6.54 Å². The lowest BCUT2D eigenvalue weighted by molar-refractivity contribution is -0.0185. The van der Waals surface area contributed by atoms with Crippen molar-refractivity contribution < 1.29 is 13.2 Å². The third kappa shape index (κ3) is 4.59. The molecule has 2 saturated carbocycles. The SMILES string of the molecule is CNC.CNS(=O)(=O)c1ccc(NCC2CC3(CCC3)C2)c(C=O)c1. The van der Waals surface area contributed by atoms with Crippen LogP contribution in [-0.2, 0) is 10.0 Å². The van der Waals surface area contributed by atoms with Gasteiger partial charge in [-0.3, -0.25) is 4.79 Å². The van der Waals surface area contributed by atoms with E-state index in [1.807, 2.05) is 14.1 Å². The van der Waals surface area contributed by atoms with Gasteiger partial charge in [0.15, 0.2) is 6.29 Å². The predicted octanol–water partition coefficient (Wildman–Crippen LogP) is 2.23. The number of aldehydes is 1. The summed E-state index contributed by atoms with van der Waals surface area (Å²) >= 11 is 0. The van der Waals surface area contributed by atoms with Crippen LogP contribution < -0.4 is 15.4 Å². The average Bonchev–Trinajstić information content (AvgIpc) is 2.52. The molecule has 140 valence electrons. The molecule has 2 aliphatic rings. The van der Waals surface area contributed by atoms with Gasteiger partial charge in [0.1, 0.15) is 0 Å². The van der Waals surface area contributed by atoms with Crippen LogP contribution in [0.1, 0.15) is 42.5 Å². The fourth-order valence-corrected chi connectivity index (χ4v) is 4.50. The first kappa shape index (κ1) is 19.9. The number of nitrogens with one attached hydrogen (secondary N) is 3. The molecule has 1 aromatic carbocycles. The van der Waals surface area contributed by atoms with E-state index in [1.165, 1.54) is 51.3 Å². The maximum Gasteiger partial charge on any atom is 0.240 e. The molecule has 0 saturated heterocycles. The molecular formula is C18H29N3O3S. The van der Waals surface area contributed by atoms with Crippen molar-refractivity contribution in [3.63, 3.8) is 0 Å². The van der Waals surface area contributed by atoms with Gasteiger partial charge in [-0.1, -0.05) is 6.42 Å². The van der Waals surface area contributed by atoms with Crippen LogP contribution in [0.25, 0.3) is 0 Å². The molecule has 2 fully saturated rings. The Hall–Kier alpha value is -1.44. The molecule has 1 spiro atoms. The lowest BCUT2D eigenvalue weighted by Gasteiger charge is -2.54. The van der Waals surface area contributed by atoms with Crippen LogP contribution >= 0.6 is 0 Å². The molecule has 3 rings (SSSR count). The minimum Gasteiger partial charge on any atom is -0.384 e. The lowest BCUT2D eigenvalue weighted by atomic mass is 9.52. The van der Waals surface area contributed by atoms with E-state index in [9.17, 15) is 13.2 Å². The topological polar surface area (TPSA) is 87.3 Å². The molecule has 0 unspecified atom stereocenters. The summed E-state index contributed by atoms with van der Waals surface area (Å²) in [6, 6.07) is 4.61. The van der Waals surface area contributed by atoms with E-state index >= 15 is 0 Å². The van der Waals surface area contributed by atoms with Crippen molar-refractivity contribution >= 4 is 22.0 Å². The Morgan fingerprint density at radius 2 is 1.84 bits per heavy atom. The van der Waals surface area contributed by atoms with Crippen LogP contribution in [0.3, 0.4) is 0 Å². The zero-order chi connectivity index (χ0) is 18.5. The fraction of sp³-hybridized carbons (Fsp3) is 0.611. The van der Waals surface area contributed by atoms with Gasteiger partial charge in [0.05, 0.1) is 4.90 Å². The Morgan fingerprint density at radius 1 is 1.20 bits per heavy atom. The first-order valence-electron chi connectivity index (χ1n) is 8.75. The van der Waals surface area contributed by atoms with Crippen molar-refractivity contribution in [3.8, 4) is 0 Å². The molecule has 25 heavy (non-hydrogen) atoms. The first-order chi connectivity index (χ1) is 11.9. The van der Waals surface area contributed by atoms with Crippen LogP contribution in [-0.4, -0.2) is 42.4 Å². The summed E-state index contributed by atoms with van der Waals surface area (Å²) in [5.41, 5.74) is 1.73. The van der Waals surface area contributed by atoms with Crippen molar-refractivity contribution in [2.24, 2.45) is 11.3 Å². The molecule has 0 radical (unpaired) electrons. The molecule has 0 bridgehead atoms. The Kier molecular flexibility index (Phi) is 6.59. The van der Waals surface area contributed by atoms with Crippen molar-refractivity contribution in [2.75, 3.05) is 33.0 Å². The Morgan fingerprint density at radius 3 is 2.32 bits per heavy atom. The summed E-state index contributed by atoms with van der Waals surface area (Å²) < 4.78 is 25.8. The molecule has 1 aromatic rings. The van der Waals surface area contributed by atoms with Gasteiger partial charge in [0.2, 0.25) is 10.0 Å². The van der Waals surface area contributed by atoms with E-state index < -0.39 is 10.0 Å². The fourth-order valence-electron chi connectivity index (χ4n) is 3.73. The molecule has 2 aliphatic carbocycles. The van der Waals surface area contributed by atoms with Gasteiger partial charge in [0.25, 0.3) is 0 Å². The summed E-state index contributed by atoms with van der Waals surface area (Å²) in [4.78, 5) is 11.3. The van der Waals surface area contributed by atoms with E-state index in [-0.39, 0.29) is 4.90 Å². The second kappa shape index (κ2) is 8.29. The van der Waals surface area contributed by atoms with E-state index in [1.54, 1.807) is 6.07 Å². The number of hydrogen-bond acceptors (Lipinski definition) is 5. The number of carbonyl (C=O) groups excluding carboxylic acids is 1. The minimum atomic E-state index is -3.52. The summed E-state index contributed by atoms with van der Waals surface area (Å²) in [5, 5.41) is 6.05. The predicted molar refractivity (Wildman–Crippen MR) is 101 cm³/mol. The van der Waals surface area contributed by atoms with Gasteiger partial charge in [-0.25, -0.2) is 13.1 Å². The van der Waals surface area contributed by atoms with Gasteiger partial charge in [-0.15, -0.1) is 0 Å². The van der Waals surface area contributed by atoms with Gasteiger partial charge >= 0.3 is 0 Å². The molecule has 3 N–H and O–H groups in total. The summed E-state index contributed by atoms with van der Waals surface area (Å²) in [6.07, 6.45) is 7.38. The lowest BCUT2D eigenvalue weighted by Crippen LogP contribution is -2.45. The van der Waals surface area contributed by atoms with E-state index in [0.29, 0.717) is 28.9 Å². The standard InChI is InChI=1S/C16H22N2O3S.C2H7N/c1-17-22(20,21)14-3-4-15(13(7-14)11-19)18-10-12-8-16(9-12)5-2-6-16;1-3-2/h3-4,7,11-12,17-18H,2,5-6,8-10H2,1H3;3H,1-2H3. The summed E-state index contributed by atoms with van der Waals surface area (Å²) in [7, 11) is 1.59. The molecule has 0 heterocycles.